The number of carbonyl (C=O) groups is 4. The first-order chi connectivity index (χ1) is 35.6. The molecule has 0 aliphatic carbocycles. The highest BCUT2D eigenvalue weighted by Crippen LogP contribution is 2.42. The number of carbonyl (C=O) groups excluding carboxylic acids is 4. The van der Waals surface area contributed by atoms with Gasteiger partial charge in [-0.1, -0.05) is 119 Å². The van der Waals surface area contributed by atoms with Crippen molar-refractivity contribution < 1.29 is 38.9 Å². The lowest BCUT2D eigenvalue weighted by Crippen LogP contribution is -2.13. The van der Waals surface area contributed by atoms with Crippen LogP contribution in [0.5, 0.6) is 23.0 Å². The molecule has 0 fully saturated rings. The minimum Gasteiger partial charge on any atom is -0.505 e. The normalized spacial score (nSPS) is 11.3. The Hall–Kier alpha value is -8.66. The zero-order chi connectivity index (χ0) is 52.2. The number of phenols is 2. The molecule has 9 rings (SSSR count). The molecule has 0 saturated carbocycles. The largest absolute Gasteiger partial charge is 0.505 e. The third kappa shape index (κ3) is 10.7. The SMILES string of the molecule is Cc1ccc(N=Nc2c(O)c(C(=O)Nc3ccc(NC(=O)c4cc5ccccc5c(N=Nc5ccc(C)c(C(=O)Oc6cccc(Cl)c6Cl)c5)c4O)cc3)cc3ccccc23)cc1C(=O)Oc1cccc(Cl)c1Cl. The van der Waals surface area contributed by atoms with E-state index < -0.39 is 35.3 Å². The summed E-state index contributed by atoms with van der Waals surface area (Å²) in [6, 6.07) is 42.1. The van der Waals surface area contributed by atoms with Gasteiger partial charge in [0.1, 0.15) is 21.4 Å². The maximum absolute atomic E-state index is 13.8. The van der Waals surface area contributed by atoms with Gasteiger partial charge in [0, 0.05) is 22.1 Å². The molecule has 366 valence electrons. The number of fused-ring (bicyclic) bond motifs is 2. The van der Waals surface area contributed by atoms with Crippen molar-refractivity contribution >= 4 is 126 Å². The van der Waals surface area contributed by atoms with Crippen LogP contribution < -0.4 is 20.1 Å². The molecule has 0 spiro atoms. The van der Waals surface area contributed by atoms with E-state index >= 15 is 0 Å². The highest BCUT2D eigenvalue weighted by molar-refractivity contribution is 6.43. The highest BCUT2D eigenvalue weighted by Gasteiger charge is 2.23. The smallest absolute Gasteiger partial charge is 0.343 e. The Morgan fingerprint density at radius 1 is 0.446 bits per heavy atom. The van der Waals surface area contributed by atoms with E-state index in [0.717, 1.165) is 0 Å². The number of azo groups is 2. The molecule has 9 aromatic rings. The van der Waals surface area contributed by atoms with E-state index in [1.165, 1.54) is 36.4 Å². The van der Waals surface area contributed by atoms with Crippen molar-refractivity contribution in [2.75, 3.05) is 10.6 Å². The number of ether oxygens (including phenoxy) is 2. The van der Waals surface area contributed by atoms with Gasteiger partial charge in [0.05, 0.1) is 43.7 Å². The molecular weight excluding hydrogens is 1030 g/mol. The number of esters is 2. The number of benzene rings is 9. The van der Waals surface area contributed by atoms with E-state index in [-0.39, 0.29) is 76.6 Å². The quantitative estimate of drug-likeness (QED) is 0.0526. The Balaban J connectivity index is 0.911. The molecule has 2 amide bonds. The number of halogens is 4. The lowest BCUT2D eigenvalue weighted by Gasteiger charge is -2.13. The molecule has 0 bridgehead atoms. The van der Waals surface area contributed by atoms with Gasteiger partial charge in [-0.15, -0.1) is 10.2 Å². The molecule has 14 nitrogen and oxygen atoms in total. The second-order valence-corrected chi connectivity index (χ2v) is 18.0. The standard InChI is InChI=1S/C56H36Cl4N6O8/c1-29-17-19-35(27-39(29)55(71)73-45-15-7-13-43(57)47(45)59)63-65-49-37-11-5-3-9-31(37)25-41(51(49)67)53(69)61-33-21-23-34(24-22-33)62-54(70)42-26-32-10-4-6-12-38(32)50(52(42)68)66-64-36-20-18-30(2)40(28-36)56(72)74-46-16-8-14-44(58)48(46)60/h3-28,67-68H,1-2H3,(H,61,69)(H,62,70). The fourth-order valence-corrected chi connectivity index (χ4v) is 8.31. The summed E-state index contributed by atoms with van der Waals surface area (Å²) in [5, 5.41) is 48.8. The molecule has 0 aliphatic rings. The van der Waals surface area contributed by atoms with Crippen LogP contribution >= 0.6 is 46.4 Å². The number of nitrogens with one attached hydrogen (secondary N) is 2. The van der Waals surface area contributed by atoms with E-state index in [1.54, 1.807) is 135 Å². The van der Waals surface area contributed by atoms with E-state index in [0.29, 0.717) is 44.0 Å². The summed E-state index contributed by atoms with van der Waals surface area (Å²) in [5.74, 6) is -3.48. The zero-order valence-electron chi connectivity index (χ0n) is 38.7. The Morgan fingerprint density at radius 3 is 1.24 bits per heavy atom. The molecule has 74 heavy (non-hydrogen) atoms. The molecule has 0 radical (unpaired) electrons. The summed E-state index contributed by atoms with van der Waals surface area (Å²) < 4.78 is 11.1. The molecule has 0 aliphatic heterocycles. The summed E-state index contributed by atoms with van der Waals surface area (Å²) >= 11 is 24.7. The van der Waals surface area contributed by atoms with Gasteiger partial charge in [0.15, 0.2) is 23.0 Å². The average Bonchev–Trinajstić information content (AvgIpc) is 3.39. The monoisotopic (exact) mass is 1060 g/mol. The van der Waals surface area contributed by atoms with Crippen LogP contribution in [0.2, 0.25) is 20.1 Å². The molecule has 9 aromatic carbocycles. The topological polar surface area (TPSA) is 201 Å². The minimum absolute atomic E-state index is 0.00574. The van der Waals surface area contributed by atoms with Crippen molar-refractivity contribution in [1.29, 1.82) is 0 Å². The lowest BCUT2D eigenvalue weighted by molar-refractivity contribution is 0.0724. The zero-order valence-corrected chi connectivity index (χ0v) is 41.7. The molecule has 18 heteroatoms. The van der Waals surface area contributed by atoms with Crippen molar-refractivity contribution in [2.45, 2.75) is 13.8 Å². The van der Waals surface area contributed by atoms with Gasteiger partial charge in [0.25, 0.3) is 11.8 Å². The van der Waals surface area contributed by atoms with Crippen LogP contribution in [0.3, 0.4) is 0 Å². The van der Waals surface area contributed by atoms with Gasteiger partial charge in [-0.25, -0.2) is 9.59 Å². The van der Waals surface area contributed by atoms with E-state index in [4.69, 9.17) is 55.9 Å². The van der Waals surface area contributed by atoms with Gasteiger partial charge in [-0.2, -0.15) is 10.2 Å². The van der Waals surface area contributed by atoms with Gasteiger partial charge in [0.2, 0.25) is 0 Å². The fraction of sp³-hybridized carbons (Fsp3) is 0.0357. The van der Waals surface area contributed by atoms with Gasteiger partial charge in [-0.05, 0) is 121 Å². The summed E-state index contributed by atoms with van der Waals surface area (Å²) in [5.41, 5.74) is 2.50. The maximum Gasteiger partial charge on any atom is 0.343 e. The number of aromatic hydroxyl groups is 2. The Morgan fingerprint density at radius 2 is 0.838 bits per heavy atom. The molecule has 4 N–H and O–H groups in total. The average molecular weight is 1060 g/mol. The molecular formula is C56H36Cl4N6O8. The summed E-state index contributed by atoms with van der Waals surface area (Å²) in [6.45, 7) is 3.45. The Bertz CT molecular complexity index is 3580. The van der Waals surface area contributed by atoms with Crippen LogP contribution in [0.25, 0.3) is 21.5 Å². The first-order valence-corrected chi connectivity index (χ1v) is 23.7. The number of anilines is 2. The first kappa shape index (κ1) is 50.3. The van der Waals surface area contributed by atoms with Crippen molar-refractivity contribution in [3.8, 4) is 23.0 Å². The fourth-order valence-electron chi connectivity index (χ4n) is 7.65. The predicted molar refractivity (Wildman–Crippen MR) is 287 cm³/mol. The van der Waals surface area contributed by atoms with Crippen LogP contribution in [0, 0.1) is 13.8 Å². The lowest BCUT2D eigenvalue weighted by atomic mass is 10.0. The maximum atomic E-state index is 13.8. The number of hydrogen-bond donors (Lipinski definition) is 4. The van der Waals surface area contributed by atoms with Crippen LogP contribution in [-0.4, -0.2) is 34.0 Å². The van der Waals surface area contributed by atoms with Gasteiger partial charge < -0.3 is 30.3 Å². The van der Waals surface area contributed by atoms with Crippen LogP contribution in [0.4, 0.5) is 34.1 Å². The number of aryl methyl sites for hydroxylation is 2. The molecule has 0 saturated heterocycles. The molecule has 0 heterocycles. The minimum atomic E-state index is -0.704. The van der Waals surface area contributed by atoms with Gasteiger partial charge >= 0.3 is 11.9 Å². The van der Waals surface area contributed by atoms with E-state index in [1.807, 2.05) is 0 Å². The number of nitrogens with zero attached hydrogens (tertiary/aromatic N) is 4. The predicted octanol–water partition coefficient (Wildman–Crippen LogP) is 16.4. The summed E-state index contributed by atoms with van der Waals surface area (Å²) in [6.07, 6.45) is 0. The Kier molecular flexibility index (Phi) is 14.7. The first-order valence-electron chi connectivity index (χ1n) is 22.2. The van der Waals surface area contributed by atoms with Crippen molar-refractivity contribution in [3.63, 3.8) is 0 Å². The summed E-state index contributed by atoms with van der Waals surface area (Å²) in [7, 11) is 0. The Labute approximate surface area is 441 Å². The van der Waals surface area contributed by atoms with E-state index in [9.17, 15) is 29.4 Å². The van der Waals surface area contributed by atoms with Crippen LogP contribution in [-0.2, 0) is 0 Å². The molecule has 0 aromatic heterocycles. The highest BCUT2D eigenvalue weighted by atomic mass is 35.5. The van der Waals surface area contributed by atoms with Crippen molar-refractivity contribution in [3.05, 3.63) is 211 Å². The molecule has 0 unspecified atom stereocenters. The summed E-state index contributed by atoms with van der Waals surface area (Å²) in [4.78, 5) is 54.1. The van der Waals surface area contributed by atoms with Gasteiger partial charge in [-0.3, -0.25) is 9.59 Å². The third-order valence-electron chi connectivity index (χ3n) is 11.5. The third-order valence-corrected chi connectivity index (χ3v) is 13.1. The molecule has 0 atom stereocenters. The number of rotatable bonds is 12. The second kappa shape index (κ2) is 21.6. The second-order valence-electron chi connectivity index (χ2n) is 16.5. The number of amides is 2. The van der Waals surface area contributed by atoms with Crippen LogP contribution in [0.1, 0.15) is 52.6 Å². The van der Waals surface area contributed by atoms with E-state index in [2.05, 4.69) is 31.1 Å². The van der Waals surface area contributed by atoms with Crippen LogP contribution in [0.15, 0.2) is 178 Å². The number of phenolic OH excluding ortho intramolecular Hbond substituents is 2. The van der Waals surface area contributed by atoms with Crippen molar-refractivity contribution in [1.82, 2.24) is 0 Å². The number of hydrogen-bond acceptors (Lipinski definition) is 12. The van der Waals surface area contributed by atoms with Crippen molar-refractivity contribution in [2.24, 2.45) is 20.5 Å².